The highest BCUT2D eigenvalue weighted by Crippen LogP contribution is 2.20. The van der Waals surface area contributed by atoms with Gasteiger partial charge in [-0.3, -0.25) is 14.4 Å². The van der Waals surface area contributed by atoms with Gasteiger partial charge < -0.3 is 14.9 Å². The van der Waals surface area contributed by atoms with Gasteiger partial charge in [-0.05, 0) is 23.8 Å². The minimum absolute atomic E-state index is 0.0626. The molecule has 2 heterocycles. The maximum Gasteiger partial charge on any atom is 0.275 e. The van der Waals surface area contributed by atoms with Crippen molar-refractivity contribution in [1.82, 2.24) is 19.6 Å². The molecule has 1 aromatic heterocycles. The molecule has 0 saturated carbocycles. The van der Waals surface area contributed by atoms with E-state index in [0.717, 1.165) is 5.56 Å². The second-order valence-electron chi connectivity index (χ2n) is 8.44. The Hall–Kier alpha value is -4.46. The lowest BCUT2D eigenvalue weighted by Crippen LogP contribution is -2.51. The van der Waals surface area contributed by atoms with Gasteiger partial charge in [-0.1, -0.05) is 60.7 Å². The predicted octanol–water partition coefficient (Wildman–Crippen LogP) is 2.75. The summed E-state index contributed by atoms with van der Waals surface area (Å²) in [5.74, 6) is -0.611. The van der Waals surface area contributed by atoms with Crippen molar-refractivity contribution in [3.63, 3.8) is 0 Å². The summed E-state index contributed by atoms with van der Waals surface area (Å²) in [7, 11) is 0. The van der Waals surface area contributed by atoms with Gasteiger partial charge in [0.15, 0.2) is 5.69 Å². The summed E-state index contributed by atoms with van der Waals surface area (Å²) in [6.45, 7) is 1.58. The normalized spacial score (nSPS) is 13.7. The number of aromatic nitrogens is 2. The van der Waals surface area contributed by atoms with E-state index < -0.39 is 0 Å². The van der Waals surface area contributed by atoms with Crippen molar-refractivity contribution in [2.45, 2.75) is 6.54 Å². The summed E-state index contributed by atoms with van der Waals surface area (Å²) in [5, 5.41) is 15.4. The number of benzene rings is 3. The van der Waals surface area contributed by atoms with Crippen LogP contribution in [0.3, 0.4) is 0 Å². The fourth-order valence-electron chi connectivity index (χ4n) is 4.34. The second-order valence-corrected chi connectivity index (χ2v) is 8.44. The molecule has 176 valence electrons. The molecule has 5 rings (SSSR count). The van der Waals surface area contributed by atoms with Crippen molar-refractivity contribution in [2.75, 3.05) is 26.2 Å². The molecular weight excluding hydrogens is 444 g/mol. The maximum atomic E-state index is 13.5. The quantitative estimate of drug-likeness (QED) is 0.497. The van der Waals surface area contributed by atoms with Crippen LogP contribution < -0.4 is 5.56 Å². The van der Waals surface area contributed by atoms with Crippen molar-refractivity contribution in [1.29, 1.82) is 0 Å². The number of aromatic hydroxyl groups is 1. The van der Waals surface area contributed by atoms with Crippen LogP contribution in [0.1, 0.15) is 26.4 Å². The zero-order valence-electron chi connectivity index (χ0n) is 19.0. The Kier molecular flexibility index (Phi) is 6.01. The Bertz CT molecular complexity index is 1460. The summed E-state index contributed by atoms with van der Waals surface area (Å²) >= 11 is 0. The Balaban J connectivity index is 1.40. The molecule has 0 spiro atoms. The Morgan fingerprint density at radius 1 is 0.743 bits per heavy atom. The predicted molar refractivity (Wildman–Crippen MR) is 131 cm³/mol. The molecule has 1 aliphatic heterocycles. The molecule has 0 bridgehead atoms. The van der Waals surface area contributed by atoms with Crippen molar-refractivity contribution in [2.24, 2.45) is 0 Å². The van der Waals surface area contributed by atoms with Gasteiger partial charge in [0, 0.05) is 31.6 Å². The highest BCUT2D eigenvalue weighted by atomic mass is 16.3. The van der Waals surface area contributed by atoms with Gasteiger partial charge in [0.2, 0.25) is 0 Å². The molecule has 1 N–H and O–H groups in total. The number of rotatable bonds is 4. The van der Waals surface area contributed by atoms with Gasteiger partial charge in [0.25, 0.3) is 17.4 Å². The van der Waals surface area contributed by atoms with E-state index in [-0.39, 0.29) is 40.9 Å². The molecule has 8 heteroatoms. The first kappa shape index (κ1) is 22.3. The molecule has 1 fully saturated rings. The lowest BCUT2D eigenvalue weighted by atomic mass is 10.1. The van der Waals surface area contributed by atoms with Gasteiger partial charge in [-0.2, -0.15) is 5.10 Å². The van der Waals surface area contributed by atoms with Crippen molar-refractivity contribution >= 4 is 22.6 Å². The minimum atomic E-state index is -0.280. The van der Waals surface area contributed by atoms with Crippen LogP contribution in [0, 0.1) is 0 Å². The first-order valence-corrected chi connectivity index (χ1v) is 11.4. The lowest BCUT2D eigenvalue weighted by Gasteiger charge is -2.34. The molecule has 4 aromatic rings. The number of carbonyl (C=O) groups is 2. The SMILES string of the molecule is O=C(c1ccccc1O)N1CCN(C(=O)c2nn(Cc3ccccc3)c(=O)c3ccccc23)CC1. The molecule has 1 saturated heterocycles. The van der Waals surface area contributed by atoms with Crippen molar-refractivity contribution in [3.8, 4) is 5.75 Å². The summed E-state index contributed by atoms with van der Waals surface area (Å²) in [6, 6.07) is 22.9. The first-order chi connectivity index (χ1) is 17.0. The number of hydrogen-bond donors (Lipinski definition) is 1. The van der Waals surface area contributed by atoms with Gasteiger partial charge in [-0.25, -0.2) is 4.68 Å². The fraction of sp³-hybridized carbons (Fsp3) is 0.185. The molecular formula is C27H24N4O4. The van der Waals surface area contributed by atoms with Crippen LogP contribution in [0.25, 0.3) is 10.8 Å². The third kappa shape index (κ3) is 4.38. The molecule has 0 atom stereocenters. The number of phenolic OH excluding ortho intramolecular Hbond substituents is 1. The fourth-order valence-corrected chi connectivity index (χ4v) is 4.34. The van der Waals surface area contributed by atoms with E-state index in [0.29, 0.717) is 37.0 Å². The number of phenols is 1. The van der Waals surface area contributed by atoms with Crippen LogP contribution in [0.5, 0.6) is 5.75 Å². The number of fused-ring (bicyclic) bond motifs is 1. The second kappa shape index (κ2) is 9.42. The van der Waals surface area contributed by atoms with Crippen molar-refractivity contribution in [3.05, 3.63) is 106 Å². The Labute approximate surface area is 201 Å². The Morgan fingerprint density at radius 2 is 1.31 bits per heavy atom. The van der Waals surface area contributed by atoms with Crippen LogP contribution in [0.2, 0.25) is 0 Å². The molecule has 0 aliphatic carbocycles. The number of piperazine rings is 1. The molecule has 3 aromatic carbocycles. The van der Waals surface area contributed by atoms with Crippen molar-refractivity contribution < 1.29 is 14.7 Å². The standard InChI is InChI=1S/C27H24N4O4/c32-23-13-7-6-12-22(23)25(33)29-14-16-30(17-15-29)27(35)24-20-10-4-5-11-21(20)26(34)31(28-24)18-19-8-2-1-3-9-19/h1-13,32H,14-18H2. The molecule has 2 amide bonds. The summed E-state index contributed by atoms with van der Waals surface area (Å²) in [5.41, 5.74) is 1.12. The topological polar surface area (TPSA) is 95.7 Å². The van der Waals surface area contributed by atoms with Gasteiger partial charge >= 0.3 is 0 Å². The third-order valence-corrected chi connectivity index (χ3v) is 6.23. The van der Waals surface area contributed by atoms with Crippen LogP contribution in [-0.2, 0) is 6.54 Å². The van der Waals surface area contributed by atoms with Crippen LogP contribution in [-0.4, -0.2) is 62.7 Å². The molecule has 35 heavy (non-hydrogen) atoms. The highest BCUT2D eigenvalue weighted by molar-refractivity contribution is 6.05. The third-order valence-electron chi connectivity index (χ3n) is 6.23. The number of nitrogens with zero attached hydrogens (tertiary/aromatic N) is 4. The number of amides is 2. The summed E-state index contributed by atoms with van der Waals surface area (Å²) in [4.78, 5) is 42.7. The van der Waals surface area contributed by atoms with E-state index in [1.54, 1.807) is 52.3 Å². The maximum absolute atomic E-state index is 13.5. The molecule has 0 unspecified atom stereocenters. The van der Waals surface area contributed by atoms with E-state index >= 15 is 0 Å². The number of carbonyl (C=O) groups excluding carboxylic acids is 2. The van der Waals surface area contributed by atoms with Gasteiger partial charge in [0.1, 0.15) is 5.75 Å². The molecule has 1 aliphatic rings. The minimum Gasteiger partial charge on any atom is -0.507 e. The van der Waals surface area contributed by atoms with E-state index in [2.05, 4.69) is 5.10 Å². The average molecular weight is 469 g/mol. The smallest absolute Gasteiger partial charge is 0.275 e. The van der Waals surface area contributed by atoms with E-state index in [1.165, 1.54) is 10.7 Å². The van der Waals surface area contributed by atoms with E-state index in [9.17, 15) is 19.5 Å². The highest BCUT2D eigenvalue weighted by Gasteiger charge is 2.28. The van der Waals surface area contributed by atoms with E-state index in [1.807, 2.05) is 30.3 Å². The van der Waals surface area contributed by atoms with E-state index in [4.69, 9.17) is 0 Å². The summed E-state index contributed by atoms with van der Waals surface area (Å²) < 4.78 is 1.34. The largest absolute Gasteiger partial charge is 0.507 e. The Morgan fingerprint density at radius 3 is 2.00 bits per heavy atom. The number of para-hydroxylation sites is 1. The molecule has 8 nitrogen and oxygen atoms in total. The average Bonchev–Trinajstić information content (AvgIpc) is 2.90. The lowest BCUT2D eigenvalue weighted by molar-refractivity contribution is 0.0530. The molecule has 0 radical (unpaired) electrons. The zero-order chi connectivity index (χ0) is 24.4. The monoisotopic (exact) mass is 468 g/mol. The summed E-state index contributed by atoms with van der Waals surface area (Å²) in [6.07, 6.45) is 0. The van der Waals surface area contributed by atoms with Gasteiger partial charge in [-0.15, -0.1) is 0 Å². The van der Waals surface area contributed by atoms with Crippen LogP contribution >= 0.6 is 0 Å². The first-order valence-electron chi connectivity index (χ1n) is 11.4. The van der Waals surface area contributed by atoms with Crippen LogP contribution in [0.4, 0.5) is 0 Å². The van der Waals surface area contributed by atoms with Gasteiger partial charge in [0.05, 0.1) is 17.5 Å². The zero-order valence-corrected chi connectivity index (χ0v) is 19.0. The van der Waals surface area contributed by atoms with Crippen LogP contribution in [0.15, 0.2) is 83.7 Å². The number of hydrogen-bond acceptors (Lipinski definition) is 5.